The fourth-order valence-corrected chi connectivity index (χ4v) is 3.37. The highest BCUT2D eigenvalue weighted by atomic mass is 32.1. The Kier molecular flexibility index (Phi) is 3.66. The van der Waals surface area contributed by atoms with Gasteiger partial charge in [-0.1, -0.05) is 47.7 Å². The summed E-state index contributed by atoms with van der Waals surface area (Å²) >= 11 is 1.66. The minimum atomic E-state index is 0.899. The van der Waals surface area contributed by atoms with Crippen LogP contribution in [-0.2, 0) is 0 Å². The summed E-state index contributed by atoms with van der Waals surface area (Å²) in [4.78, 5) is 5.89. The van der Waals surface area contributed by atoms with Crippen molar-refractivity contribution < 1.29 is 0 Å². The second kappa shape index (κ2) is 5.98. The van der Waals surface area contributed by atoms with Gasteiger partial charge in [0.15, 0.2) is 0 Å². The van der Waals surface area contributed by atoms with E-state index in [1.165, 1.54) is 4.88 Å². The molecule has 0 spiro atoms. The normalized spacial score (nSPS) is 13.8. The number of thiazole rings is 1. The number of hydrazine groups is 2. The third-order valence-electron chi connectivity index (χ3n) is 3.84. The molecule has 1 aromatic heterocycles. The molecule has 0 amide bonds. The van der Waals surface area contributed by atoms with E-state index in [0.717, 1.165) is 22.2 Å². The lowest BCUT2D eigenvalue weighted by molar-refractivity contribution is 0.815. The number of hydrogen-bond acceptors (Lipinski definition) is 6. The van der Waals surface area contributed by atoms with E-state index in [9.17, 15) is 0 Å². The molecule has 0 atom stereocenters. The van der Waals surface area contributed by atoms with E-state index in [4.69, 9.17) is 0 Å². The summed E-state index contributed by atoms with van der Waals surface area (Å²) in [5.41, 5.74) is 3.06. The first-order chi connectivity index (χ1) is 11.7. The quantitative estimate of drug-likeness (QED) is 0.712. The Morgan fingerprint density at radius 3 is 2.04 bits per heavy atom. The predicted molar refractivity (Wildman–Crippen MR) is 100 cm³/mol. The number of para-hydroxylation sites is 2. The highest BCUT2D eigenvalue weighted by molar-refractivity contribution is 7.15. The maximum absolute atomic E-state index is 4.68. The Bertz CT molecular complexity index is 840. The summed E-state index contributed by atoms with van der Waals surface area (Å²) in [6, 6.07) is 20.3. The third-order valence-corrected chi connectivity index (χ3v) is 4.90. The fourth-order valence-electron chi connectivity index (χ4n) is 2.50. The number of hydrogen-bond donors (Lipinski definition) is 0. The number of hydrazone groups is 1. The Hall–Kier alpha value is -2.86. The topological polar surface area (TPSA) is 35.0 Å². The molecule has 0 saturated carbocycles. The van der Waals surface area contributed by atoms with E-state index in [-0.39, 0.29) is 0 Å². The average Bonchev–Trinajstić information content (AvgIpc) is 3.20. The Morgan fingerprint density at radius 1 is 0.833 bits per heavy atom. The second-order valence-electron chi connectivity index (χ2n) is 5.46. The van der Waals surface area contributed by atoms with E-state index in [2.05, 4.69) is 29.1 Å². The molecule has 0 unspecified atom stereocenters. The molecule has 120 valence electrons. The molecule has 0 N–H and O–H groups in total. The van der Waals surface area contributed by atoms with Crippen molar-refractivity contribution in [1.82, 2.24) is 4.98 Å². The monoisotopic (exact) mass is 335 g/mol. The summed E-state index contributed by atoms with van der Waals surface area (Å²) in [6.07, 6.45) is 1.80. The molecule has 2 heterocycles. The van der Waals surface area contributed by atoms with Crippen molar-refractivity contribution in [2.75, 3.05) is 15.2 Å². The molecular weight excluding hydrogens is 318 g/mol. The van der Waals surface area contributed by atoms with Gasteiger partial charge < -0.3 is 0 Å². The van der Waals surface area contributed by atoms with Gasteiger partial charge in [-0.3, -0.25) is 0 Å². The minimum absolute atomic E-state index is 0.899. The van der Waals surface area contributed by atoms with E-state index in [1.807, 2.05) is 70.7 Å². The number of benzene rings is 2. The molecule has 0 aliphatic carbocycles. The summed E-state index contributed by atoms with van der Waals surface area (Å²) in [6.45, 7) is 4.12. The van der Waals surface area contributed by atoms with Crippen molar-refractivity contribution in [3.8, 4) is 0 Å². The predicted octanol–water partition coefficient (Wildman–Crippen LogP) is 4.37. The molecule has 3 aromatic rings. The zero-order chi connectivity index (χ0) is 16.5. The first kappa shape index (κ1) is 14.7. The maximum atomic E-state index is 4.68. The molecule has 1 aliphatic rings. The van der Waals surface area contributed by atoms with Crippen molar-refractivity contribution in [3.63, 3.8) is 0 Å². The zero-order valence-electron chi connectivity index (χ0n) is 13.5. The van der Waals surface area contributed by atoms with Crippen LogP contribution in [0.25, 0.3) is 0 Å². The molecule has 1 aliphatic heterocycles. The van der Waals surface area contributed by atoms with E-state index >= 15 is 0 Å². The van der Waals surface area contributed by atoms with Crippen LogP contribution in [0, 0.1) is 13.8 Å². The summed E-state index contributed by atoms with van der Waals surface area (Å²) in [7, 11) is 0. The number of anilines is 3. The van der Waals surface area contributed by atoms with Crippen LogP contribution in [0.1, 0.15) is 10.6 Å². The zero-order valence-corrected chi connectivity index (χ0v) is 14.3. The van der Waals surface area contributed by atoms with Crippen LogP contribution in [-0.4, -0.2) is 11.3 Å². The van der Waals surface area contributed by atoms with Crippen LogP contribution in [0.2, 0.25) is 0 Å². The molecular formula is C18H17N5S. The van der Waals surface area contributed by atoms with Crippen LogP contribution in [0.3, 0.4) is 0 Å². The molecule has 4 rings (SSSR count). The molecule has 0 radical (unpaired) electrons. The lowest BCUT2D eigenvalue weighted by atomic mass is 10.3. The highest BCUT2D eigenvalue weighted by Gasteiger charge is 2.30. The van der Waals surface area contributed by atoms with Crippen LogP contribution in [0.4, 0.5) is 16.5 Å². The molecule has 0 bridgehead atoms. The molecule has 0 fully saturated rings. The van der Waals surface area contributed by atoms with Gasteiger partial charge in [-0.2, -0.15) is 15.2 Å². The van der Waals surface area contributed by atoms with Gasteiger partial charge in [0.05, 0.1) is 17.1 Å². The Morgan fingerprint density at radius 2 is 1.46 bits per heavy atom. The van der Waals surface area contributed by atoms with E-state index in [1.54, 1.807) is 17.7 Å². The van der Waals surface area contributed by atoms with Gasteiger partial charge in [0, 0.05) is 4.88 Å². The largest absolute Gasteiger partial charge is 0.223 e. The first-order valence-corrected chi connectivity index (χ1v) is 8.53. The second-order valence-corrected chi connectivity index (χ2v) is 6.65. The van der Waals surface area contributed by atoms with Gasteiger partial charge in [-0.25, -0.2) is 4.98 Å². The van der Waals surface area contributed by atoms with Crippen LogP contribution < -0.4 is 15.2 Å². The number of aromatic nitrogens is 1. The van der Waals surface area contributed by atoms with Crippen LogP contribution >= 0.6 is 11.3 Å². The Balaban J connectivity index is 1.78. The Labute approximate surface area is 145 Å². The van der Waals surface area contributed by atoms with Gasteiger partial charge in [0.1, 0.15) is 6.34 Å². The lowest BCUT2D eigenvalue weighted by Gasteiger charge is -2.33. The number of nitrogens with zero attached hydrogens (tertiary/aromatic N) is 5. The van der Waals surface area contributed by atoms with Gasteiger partial charge in [0.2, 0.25) is 5.13 Å². The molecule has 5 nitrogen and oxygen atoms in total. The smallest absolute Gasteiger partial charge is 0.212 e. The van der Waals surface area contributed by atoms with Gasteiger partial charge >= 0.3 is 0 Å². The van der Waals surface area contributed by atoms with E-state index < -0.39 is 0 Å². The highest BCUT2D eigenvalue weighted by Crippen LogP contribution is 2.33. The molecule has 0 saturated heterocycles. The van der Waals surface area contributed by atoms with Crippen molar-refractivity contribution in [3.05, 3.63) is 71.2 Å². The number of aryl methyl sites for hydroxylation is 2. The number of rotatable bonds is 3. The third kappa shape index (κ3) is 2.51. The van der Waals surface area contributed by atoms with Crippen molar-refractivity contribution >= 4 is 34.2 Å². The van der Waals surface area contributed by atoms with Gasteiger partial charge in [-0.15, -0.1) is 5.10 Å². The van der Waals surface area contributed by atoms with Crippen molar-refractivity contribution in [1.29, 1.82) is 0 Å². The van der Waals surface area contributed by atoms with Gasteiger partial charge in [0.25, 0.3) is 0 Å². The molecule has 24 heavy (non-hydrogen) atoms. The average molecular weight is 335 g/mol. The van der Waals surface area contributed by atoms with Crippen molar-refractivity contribution in [2.24, 2.45) is 5.10 Å². The molecule has 2 aromatic carbocycles. The fraction of sp³-hybridized carbons (Fsp3) is 0.111. The van der Waals surface area contributed by atoms with Crippen molar-refractivity contribution in [2.45, 2.75) is 13.8 Å². The minimum Gasteiger partial charge on any atom is -0.223 e. The summed E-state index contributed by atoms with van der Waals surface area (Å²) < 4.78 is 0. The van der Waals surface area contributed by atoms with Crippen LogP contribution in [0.15, 0.2) is 65.8 Å². The standard InChI is InChI=1S/C18H17N5S/c1-14-15(2)24-18(20-14)21-13-19-22(16-9-5-3-6-10-16)23(21)17-11-7-4-8-12-17/h3-13H,1-2H3. The van der Waals surface area contributed by atoms with Gasteiger partial charge in [-0.05, 0) is 38.1 Å². The summed E-state index contributed by atoms with van der Waals surface area (Å²) in [5.74, 6) is 0. The summed E-state index contributed by atoms with van der Waals surface area (Å²) in [5, 5.41) is 11.4. The first-order valence-electron chi connectivity index (χ1n) is 7.71. The maximum Gasteiger partial charge on any atom is 0.212 e. The lowest BCUT2D eigenvalue weighted by Crippen LogP contribution is -2.46. The molecule has 6 heteroatoms. The van der Waals surface area contributed by atoms with Crippen LogP contribution in [0.5, 0.6) is 0 Å². The SMILES string of the molecule is Cc1nc(N2C=NN(c3ccccc3)N2c2ccccc2)sc1C. The van der Waals surface area contributed by atoms with E-state index in [0.29, 0.717) is 0 Å².